The second kappa shape index (κ2) is 6.89. The zero-order valence-corrected chi connectivity index (χ0v) is 16.0. The third-order valence-electron chi connectivity index (χ3n) is 4.75. The summed E-state index contributed by atoms with van der Waals surface area (Å²) >= 11 is 6.08. The van der Waals surface area contributed by atoms with Crippen LogP contribution in [0.3, 0.4) is 0 Å². The minimum Gasteiger partial charge on any atom is -0.379 e. The molecule has 3 heterocycles. The molecule has 1 saturated heterocycles. The van der Waals surface area contributed by atoms with Gasteiger partial charge in [0.15, 0.2) is 11.5 Å². The molecule has 1 aliphatic heterocycles. The fraction of sp³-hybridized carbons (Fsp3) is 0.200. The quantitative estimate of drug-likeness (QED) is 0.443. The highest BCUT2D eigenvalue weighted by atomic mass is 35.5. The molecule has 1 aromatic carbocycles. The van der Waals surface area contributed by atoms with E-state index in [1.165, 1.54) is 0 Å². The van der Waals surface area contributed by atoms with Crippen LogP contribution in [0.2, 0.25) is 5.02 Å². The number of anilines is 3. The van der Waals surface area contributed by atoms with E-state index in [4.69, 9.17) is 11.6 Å². The molecular formula is C20H17ClN6O2. The summed E-state index contributed by atoms with van der Waals surface area (Å²) in [6, 6.07) is 9.71. The van der Waals surface area contributed by atoms with Gasteiger partial charge in [-0.1, -0.05) is 17.7 Å². The Balaban J connectivity index is 1.57. The number of amides is 2. The molecule has 9 heteroatoms. The van der Waals surface area contributed by atoms with Crippen molar-refractivity contribution in [1.29, 1.82) is 0 Å². The Morgan fingerprint density at radius 2 is 2.10 bits per heavy atom. The molecule has 2 aromatic heterocycles. The fourth-order valence-electron chi connectivity index (χ4n) is 3.21. The van der Waals surface area contributed by atoms with Gasteiger partial charge in [-0.2, -0.15) is 0 Å². The van der Waals surface area contributed by atoms with Crippen LogP contribution in [0.25, 0.3) is 11.7 Å². The van der Waals surface area contributed by atoms with E-state index in [9.17, 15) is 9.59 Å². The summed E-state index contributed by atoms with van der Waals surface area (Å²) in [5, 5.41) is 14.3. The van der Waals surface area contributed by atoms with E-state index in [0.29, 0.717) is 33.8 Å². The number of rotatable bonds is 5. The normalized spacial score (nSPS) is 17.8. The summed E-state index contributed by atoms with van der Waals surface area (Å²) < 4.78 is 1.67. The molecule has 2 aliphatic rings. The van der Waals surface area contributed by atoms with Gasteiger partial charge in [0, 0.05) is 28.4 Å². The number of halogens is 1. The summed E-state index contributed by atoms with van der Waals surface area (Å²) in [6.45, 7) is 0. The average molecular weight is 409 g/mol. The number of nitrogens with zero attached hydrogens (tertiary/aromatic N) is 3. The molecule has 0 bridgehead atoms. The lowest BCUT2D eigenvalue weighted by atomic mass is 10.2. The van der Waals surface area contributed by atoms with Gasteiger partial charge in [-0.25, -0.2) is 9.50 Å². The van der Waals surface area contributed by atoms with Crippen molar-refractivity contribution in [3.05, 3.63) is 52.8 Å². The predicted molar refractivity (Wildman–Crippen MR) is 110 cm³/mol. The molecule has 3 aromatic rings. The van der Waals surface area contributed by atoms with Gasteiger partial charge in [-0.05, 0) is 37.1 Å². The Morgan fingerprint density at radius 1 is 1.24 bits per heavy atom. The first-order chi connectivity index (χ1) is 14.0. The van der Waals surface area contributed by atoms with Gasteiger partial charge in [-0.15, -0.1) is 5.10 Å². The van der Waals surface area contributed by atoms with Crippen LogP contribution < -0.4 is 16.0 Å². The van der Waals surface area contributed by atoms with Crippen molar-refractivity contribution in [2.75, 3.05) is 10.6 Å². The van der Waals surface area contributed by atoms with Crippen molar-refractivity contribution in [3.8, 4) is 0 Å². The first-order valence-corrected chi connectivity index (χ1v) is 9.65. The van der Waals surface area contributed by atoms with E-state index in [-0.39, 0.29) is 18.2 Å². The van der Waals surface area contributed by atoms with Crippen molar-refractivity contribution in [2.45, 2.75) is 25.3 Å². The van der Waals surface area contributed by atoms with Crippen LogP contribution in [0.4, 0.5) is 17.2 Å². The average Bonchev–Trinajstić information content (AvgIpc) is 3.31. The molecule has 2 fully saturated rings. The lowest BCUT2D eigenvalue weighted by Crippen LogP contribution is -2.19. The largest absolute Gasteiger partial charge is 0.379 e. The third kappa shape index (κ3) is 3.66. The first-order valence-electron chi connectivity index (χ1n) is 9.28. The Morgan fingerprint density at radius 3 is 2.83 bits per heavy atom. The standard InChI is InChI=1S/C20H17ClN6O2/c21-12-2-1-3-14(8-12)24-17-9-16(23-13-4-5-13)19-22-10-15(27(19)26-17)6-11-7-18(28)25-20(11)29/h1-3,6,8-10,13,23H,4-5,7H2,(H,24,26)(H,25,28,29). The molecule has 0 spiro atoms. The number of imidazole rings is 1. The van der Waals surface area contributed by atoms with Crippen LogP contribution in [0.15, 0.2) is 42.1 Å². The first kappa shape index (κ1) is 17.7. The Hall–Kier alpha value is -3.39. The minimum atomic E-state index is -0.380. The molecule has 0 atom stereocenters. The molecule has 29 heavy (non-hydrogen) atoms. The van der Waals surface area contributed by atoms with Crippen LogP contribution in [0.1, 0.15) is 25.0 Å². The topological polar surface area (TPSA) is 100 Å². The molecular weight excluding hydrogens is 392 g/mol. The Kier molecular flexibility index (Phi) is 4.21. The second-order valence-corrected chi connectivity index (χ2v) is 7.58. The number of hydrogen-bond acceptors (Lipinski definition) is 6. The monoisotopic (exact) mass is 408 g/mol. The van der Waals surface area contributed by atoms with E-state index >= 15 is 0 Å². The molecule has 8 nitrogen and oxygen atoms in total. The molecule has 3 N–H and O–H groups in total. The number of benzene rings is 1. The Bertz CT molecular complexity index is 1180. The predicted octanol–water partition coefficient (Wildman–Crippen LogP) is 3.13. The highest BCUT2D eigenvalue weighted by molar-refractivity contribution is 6.30. The lowest BCUT2D eigenvalue weighted by Gasteiger charge is -2.11. The number of fused-ring (bicyclic) bond motifs is 1. The van der Waals surface area contributed by atoms with Crippen molar-refractivity contribution in [3.63, 3.8) is 0 Å². The van der Waals surface area contributed by atoms with Crippen LogP contribution in [-0.4, -0.2) is 32.5 Å². The van der Waals surface area contributed by atoms with E-state index in [1.54, 1.807) is 22.9 Å². The fourth-order valence-corrected chi connectivity index (χ4v) is 3.40. The van der Waals surface area contributed by atoms with Crippen LogP contribution in [0, 0.1) is 0 Å². The van der Waals surface area contributed by atoms with Gasteiger partial charge in [0.05, 0.1) is 24.0 Å². The molecule has 146 valence electrons. The maximum atomic E-state index is 11.9. The maximum Gasteiger partial charge on any atom is 0.254 e. The van der Waals surface area contributed by atoms with Crippen molar-refractivity contribution in [1.82, 2.24) is 19.9 Å². The summed E-state index contributed by atoms with van der Waals surface area (Å²) in [4.78, 5) is 27.9. The van der Waals surface area contributed by atoms with Crippen molar-refractivity contribution in [2.24, 2.45) is 0 Å². The van der Waals surface area contributed by atoms with Crippen molar-refractivity contribution < 1.29 is 9.59 Å². The van der Waals surface area contributed by atoms with Crippen LogP contribution in [0.5, 0.6) is 0 Å². The van der Waals surface area contributed by atoms with Gasteiger partial charge >= 0.3 is 0 Å². The summed E-state index contributed by atoms with van der Waals surface area (Å²) in [6.07, 6.45) is 5.58. The number of carbonyl (C=O) groups excluding carboxylic acids is 2. The summed E-state index contributed by atoms with van der Waals surface area (Å²) in [5.74, 6) is -0.0792. The van der Waals surface area contributed by atoms with E-state index in [0.717, 1.165) is 24.2 Å². The molecule has 1 aliphatic carbocycles. The van der Waals surface area contributed by atoms with Gasteiger partial charge in [-0.3, -0.25) is 14.9 Å². The maximum absolute atomic E-state index is 11.9. The van der Waals surface area contributed by atoms with E-state index in [1.807, 2.05) is 24.3 Å². The molecule has 0 unspecified atom stereocenters. The minimum absolute atomic E-state index is 0.0553. The molecule has 5 rings (SSSR count). The second-order valence-electron chi connectivity index (χ2n) is 7.14. The molecule has 2 amide bonds. The number of carbonyl (C=O) groups is 2. The highest BCUT2D eigenvalue weighted by Gasteiger charge is 2.25. The zero-order valence-electron chi connectivity index (χ0n) is 15.3. The number of aromatic nitrogens is 3. The van der Waals surface area contributed by atoms with Gasteiger partial charge in [0.25, 0.3) is 5.91 Å². The smallest absolute Gasteiger partial charge is 0.254 e. The Labute approximate surface area is 171 Å². The number of nitrogens with one attached hydrogen (secondary N) is 3. The number of hydrogen-bond donors (Lipinski definition) is 3. The SMILES string of the molecule is O=C1CC(=Cc2cnc3c(NC4CC4)cc(Nc4cccc(Cl)c4)nn23)C(=O)N1. The molecule has 0 radical (unpaired) electrons. The third-order valence-corrected chi connectivity index (χ3v) is 4.98. The zero-order chi connectivity index (χ0) is 20.0. The van der Waals surface area contributed by atoms with E-state index < -0.39 is 0 Å². The summed E-state index contributed by atoms with van der Waals surface area (Å²) in [5.41, 5.74) is 3.33. The van der Waals surface area contributed by atoms with Gasteiger partial charge < -0.3 is 10.6 Å². The number of imide groups is 1. The van der Waals surface area contributed by atoms with Crippen molar-refractivity contribution >= 4 is 52.3 Å². The molecule has 1 saturated carbocycles. The highest BCUT2D eigenvalue weighted by Crippen LogP contribution is 2.30. The van der Waals surface area contributed by atoms with E-state index in [2.05, 4.69) is 26.0 Å². The summed E-state index contributed by atoms with van der Waals surface area (Å²) in [7, 11) is 0. The van der Waals surface area contributed by atoms with Gasteiger partial charge in [0.1, 0.15) is 0 Å². The lowest BCUT2D eigenvalue weighted by molar-refractivity contribution is -0.124. The van der Waals surface area contributed by atoms with Gasteiger partial charge in [0.2, 0.25) is 5.91 Å². The van der Waals surface area contributed by atoms with Crippen LogP contribution in [-0.2, 0) is 9.59 Å². The van der Waals surface area contributed by atoms with Crippen LogP contribution >= 0.6 is 11.6 Å².